The molecule has 0 fully saturated rings. The summed E-state index contributed by atoms with van der Waals surface area (Å²) in [5.41, 5.74) is 5.80. The van der Waals surface area contributed by atoms with E-state index < -0.39 is 0 Å². The van der Waals surface area contributed by atoms with Crippen molar-refractivity contribution in [2.24, 2.45) is 11.1 Å². The third kappa shape index (κ3) is 3.20. The fourth-order valence-electron chi connectivity index (χ4n) is 2.32. The van der Waals surface area contributed by atoms with E-state index in [0.29, 0.717) is 6.54 Å². The van der Waals surface area contributed by atoms with E-state index in [4.69, 9.17) is 5.73 Å². The number of nitrogens with one attached hydrogen (secondary N) is 1. The lowest BCUT2D eigenvalue weighted by atomic mass is 9.84. The van der Waals surface area contributed by atoms with Crippen LogP contribution in [0.15, 0.2) is 30.5 Å². The number of rotatable bonds is 4. The second-order valence-electron chi connectivity index (χ2n) is 6.21. The van der Waals surface area contributed by atoms with Crippen LogP contribution in [0.2, 0.25) is 0 Å². The summed E-state index contributed by atoms with van der Waals surface area (Å²) in [7, 11) is 0. The summed E-state index contributed by atoms with van der Waals surface area (Å²) in [6.45, 7) is 7.18. The number of hydrogen-bond donors (Lipinski definition) is 3. The summed E-state index contributed by atoms with van der Waals surface area (Å²) in [5.74, 6) is 1.05. The number of benzene rings is 1. The van der Waals surface area contributed by atoms with E-state index in [2.05, 4.69) is 31.1 Å². The van der Waals surface area contributed by atoms with Gasteiger partial charge in [-0.3, -0.25) is 0 Å². The third-order valence-electron chi connectivity index (χ3n) is 3.56. The Bertz CT molecular complexity index is 590. The highest BCUT2D eigenvalue weighted by Gasteiger charge is 2.24. The predicted molar refractivity (Wildman–Crippen MR) is 83.9 cm³/mol. The van der Waals surface area contributed by atoms with Crippen molar-refractivity contribution in [3.05, 3.63) is 30.5 Å². The predicted octanol–water partition coefficient (Wildman–Crippen LogP) is 3.12. The molecule has 2 rings (SSSR count). The third-order valence-corrected chi connectivity index (χ3v) is 3.56. The largest absolute Gasteiger partial charge is 0.508 e. The minimum absolute atomic E-state index is 0.0834. The second kappa shape index (κ2) is 5.67. The van der Waals surface area contributed by atoms with Crippen molar-refractivity contribution in [2.75, 3.05) is 11.9 Å². The molecule has 1 unspecified atom stereocenters. The van der Waals surface area contributed by atoms with Crippen LogP contribution in [-0.2, 0) is 0 Å². The average molecular weight is 273 g/mol. The molecule has 0 aliphatic heterocycles. The topological polar surface area (TPSA) is 71.2 Å². The molecule has 1 aromatic carbocycles. The molecule has 4 nitrogen and oxygen atoms in total. The first-order chi connectivity index (χ1) is 9.41. The molecule has 0 bridgehead atoms. The van der Waals surface area contributed by atoms with Crippen LogP contribution in [0.5, 0.6) is 5.75 Å². The number of anilines is 1. The maximum atomic E-state index is 9.68. The van der Waals surface area contributed by atoms with Crippen LogP contribution in [-0.4, -0.2) is 22.7 Å². The van der Waals surface area contributed by atoms with Gasteiger partial charge in [0.05, 0.1) is 0 Å². The fraction of sp³-hybridized carbons (Fsp3) is 0.438. The quantitative estimate of drug-likeness (QED) is 0.800. The number of fused-ring (bicyclic) bond motifs is 1. The van der Waals surface area contributed by atoms with E-state index in [0.717, 1.165) is 23.0 Å². The average Bonchev–Trinajstić information content (AvgIpc) is 2.37. The molecule has 1 heterocycles. The Balaban J connectivity index is 2.39. The normalized spacial score (nSPS) is 13.4. The number of phenolic OH excluding ortho intramolecular Hbond substituents is 1. The Morgan fingerprint density at radius 3 is 2.70 bits per heavy atom. The Morgan fingerprint density at radius 2 is 2.05 bits per heavy atom. The SMILES string of the molecule is CC(C)(C)C(CCN)Nc1nccc2ccc(O)cc12. The van der Waals surface area contributed by atoms with Crippen molar-refractivity contribution in [1.82, 2.24) is 4.98 Å². The first kappa shape index (κ1) is 14.6. The van der Waals surface area contributed by atoms with Crippen molar-refractivity contribution < 1.29 is 5.11 Å². The minimum atomic E-state index is 0.0834. The van der Waals surface area contributed by atoms with E-state index in [1.807, 2.05) is 12.1 Å². The van der Waals surface area contributed by atoms with Crippen molar-refractivity contribution in [3.63, 3.8) is 0 Å². The highest BCUT2D eigenvalue weighted by atomic mass is 16.3. The number of aromatic hydroxyl groups is 1. The zero-order valence-electron chi connectivity index (χ0n) is 12.4. The van der Waals surface area contributed by atoms with Gasteiger partial charge in [-0.15, -0.1) is 0 Å². The van der Waals surface area contributed by atoms with Crippen molar-refractivity contribution >= 4 is 16.6 Å². The molecule has 0 saturated carbocycles. The van der Waals surface area contributed by atoms with Gasteiger partial charge in [-0.25, -0.2) is 4.98 Å². The molecular formula is C16H23N3O. The maximum Gasteiger partial charge on any atom is 0.134 e. The molecule has 2 aromatic rings. The Morgan fingerprint density at radius 1 is 1.30 bits per heavy atom. The molecule has 0 saturated heterocycles. The molecule has 20 heavy (non-hydrogen) atoms. The molecule has 4 N–H and O–H groups in total. The number of phenols is 1. The molecule has 1 aromatic heterocycles. The van der Waals surface area contributed by atoms with E-state index in [-0.39, 0.29) is 17.2 Å². The van der Waals surface area contributed by atoms with E-state index in [1.54, 1.807) is 18.3 Å². The van der Waals surface area contributed by atoms with Gasteiger partial charge in [-0.05, 0) is 42.0 Å². The summed E-state index contributed by atoms with van der Waals surface area (Å²) >= 11 is 0. The summed E-state index contributed by atoms with van der Waals surface area (Å²) in [6.07, 6.45) is 2.66. The van der Waals surface area contributed by atoms with Crippen LogP contribution in [0.4, 0.5) is 5.82 Å². The van der Waals surface area contributed by atoms with Gasteiger partial charge in [0.15, 0.2) is 0 Å². The van der Waals surface area contributed by atoms with E-state index >= 15 is 0 Å². The lowest BCUT2D eigenvalue weighted by molar-refractivity contribution is 0.328. The number of nitrogens with two attached hydrogens (primary N) is 1. The second-order valence-corrected chi connectivity index (χ2v) is 6.21. The molecule has 0 amide bonds. The Kier molecular flexibility index (Phi) is 4.14. The molecule has 1 atom stereocenters. The van der Waals surface area contributed by atoms with Crippen LogP contribution >= 0.6 is 0 Å². The van der Waals surface area contributed by atoms with Crippen LogP contribution in [0, 0.1) is 5.41 Å². The molecule has 0 spiro atoms. The first-order valence-electron chi connectivity index (χ1n) is 6.96. The van der Waals surface area contributed by atoms with Crippen molar-refractivity contribution in [2.45, 2.75) is 33.2 Å². The molecule has 108 valence electrons. The lowest BCUT2D eigenvalue weighted by Crippen LogP contribution is -2.36. The minimum Gasteiger partial charge on any atom is -0.508 e. The van der Waals surface area contributed by atoms with Gasteiger partial charge in [-0.2, -0.15) is 0 Å². The van der Waals surface area contributed by atoms with E-state index in [1.165, 1.54) is 0 Å². The van der Waals surface area contributed by atoms with Crippen LogP contribution < -0.4 is 11.1 Å². The molecule has 0 aliphatic rings. The van der Waals surface area contributed by atoms with Gasteiger partial charge in [0.25, 0.3) is 0 Å². The van der Waals surface area contributed by atoms with Gasteiger partial charge in [0, 0.05) is 17.6 Å². The Labute approximate surface area is 120 Å². The highest BCUT2D eigenvalue weighted by Crippen LogP contribution is 2.29. The van der Waals surface area contributed by atoms with Gasteiger partial charge in [0.2, 0.25) is 0 Å². The molecule has 0 radical (unpaired) electrons. The molecule has 4 heteroatoms. The number of nitrogens with zero attached hydrogens (tertiary/aromatic N) is 1. The van der Waals surface area contributed by atoms with E-state index in [9.17, 15) is 5.11 Å². The van der Waals surface area contributed by atoms with Gasteiger partial charge in [-0.1, -0.05) is 26.8 Å². The van der Waals surface area contributed by atoms with Crippen molar-refractivity contribution in [3.8, 4) is 5.75 Å². The van der Waals surface area contributed by atoms with Gasteiger partial charge >= 0.3 is 0 Å². The first-order valence-corrected chi connectivity index (χ1v) is 6.96. The van der Waals surface area contributed by atoms with Crippen LogP contribution in [0.3, 0.4) is 0 Å². The van der Waals surface area contributed by atoms with Gasteiger partial charge in [0.1, 0.15) is 11.6 Å². The van der Waals surface area contributed by atoms with Crippen LogP contribution in [0.25, 0.3) is 10.8 Å². The number of pyridine rings is 1. The summed E-state index contributed by atoms with van der Waals surface area (Å²) < 4.78 is 0. The Hall–Kier alpha value is -1.81. The lowest BCUT2D eigenvalue weighted by Gasteiger charge is -2.32. The fourth-order valence-corrected chi connectivity index (χ4v) is 2.32. The molecular weight excluding hydrogens is 250 g/mol. The smallest absolute Gasteiger partial charge is 0.134 e. The van der Waals surface area contributed by atoms with Crippen molar-refractivity contribution in [1.29, 1.82) is 0 Å². The number of hydrogen-bond acceptors (Lipinski definition) is 4. The van der Waals surface area contributed by atoms with Gasteiger partial charge < -0.3 is 16.2 Å². The molecule has 0 aliphatic carbocycles. The summed E-state index contributed by atoms with van der Waals surface area (Å²) in [6, 6.07) is 7.50. The summed E-state index contributed by atoms with van der Waals surface area (Å²) in [5, 5.41) is 15.1. The standard InChI is InChI=1S/C16H23N3O/c1-16(2,3)14(6-8-17)19-15-13-10-12(20)5-4-11(13)7-9-18-15/h4-5,7,9-10,14,20H,6,8,17H2,1-3H3,(H,18,19). The van der Waals surface area contributed by atoms with Crippen LogP contribution in [0.1, 0.15) is 27.2 Å². The summed E-state index contributed by atoms with van der Waals surface area (Å²) in [4.78, 5) is 4.42. The highest BCUT2D eigenvalue weighted by molar-refractivity contribution is 5.92. The zero-order valence-corrected chi connectivity index (χ0v) is 12.4. The maximum absolute atomic E-state index is 9.68. The monoisotopic (exact) mass is 273 g/mol. The number of aromatic nitrogens is 1. The zero-order chi connectivity index (χ0) is 14.8.